The van der Waals surface area contributed by atoms with Gasteiger partial charge in [-0.05, 0) is 24.6 Å². The van der Waals surface area contributed by atoms with Crippen molar-refractivity contribution < 1.29 is 14.4 Å². The largest absolute Gasteiger partial charge is 0.364 e. The Kier molecular flexibility index (Phi) is 5.84. The van der Waals surface area contributed by atoms with Crippen LogP contribution in [0.5, 0.6) is 0 Å². The lowest BCUT2D eigenvalue weighted by Crippen LogP contribution is -2.30. The number of carbonyl (C=O) groups is 3. The van der Waals surface area contributed by atoms with E-state index in [-0.39, 0.29) is 29.6 Å². The zero-order valence-corrected chi connectivity index (χ0v) is 14.1. The van der Waals surface area contributed by atoms with Crippen LogP contribution in [0.3, 0.4) is 0 Å². The average molecular weight is 340 g/mol. The van der Waals surface area contributed by atoms with E-state index >= 15 is 0 Å². The summed E-state index contributed by atoms with van der Waals surface area (Å²) < 4.78 is 0. The third-order valence-electron chi connectivity index (χ3n) is 3.56. The summed E-state index contributed by atoms with van der Waals surface area (Å²) in [4.78, 5) is 39.1. The number of pyridine rings is 1. The lowest BCUT2D eigenvalue weighted by Gasteiger charge is -2.18. The molecule has 130 valence electrons. The van der Waals surface area contributed by atoms with Gasteiger partial charge in [-0.25, -0.2) is 4.98 Å². The first-order valence-electron chi connectivity index (χ1n) is 7.75. The van der Waals surface area contributed by atoms with E-state index in [9.17, 15) is 14.4 Å². The van der Waals surface area contributed by atoms with Crippen molar-refractivity contribution in [1.82, 2.24) is 10.3 Å². The van der Waals surface area contributed by atoms with E-state index in [1.54, 1.807) is 12.1 Å². The molecule has 1 aromatic carbocycles. The maximum absolute atomic E-state index is 12.4. The molecule has 0 saturated carbocycles. The third-order valence-corrected chi connectivity index (χ3v) is 3.56. The summed E-state index contributed by atoms with van der Waals surface area (Å²) in [5.41, 5.74) is 7.38. The van der Waals surface area contributed by atoms with Crippen molar-refractivity contribution in [3.05, 3.63) is 59.4 Å². The minimum absolute atomic E-state index is 0.00966. The Labute approximate surface area is 145 Å². The SMILES string of the molecule is CC(=O)N[C@@H](CC(=O)Nc1cccnc1C(N)=O)c1ccc(C)cc1. The van der Waals surface area contributed by atoms with Gasteiger partial charge >= 0.3 is 0 Å². The first kappa shape index (κ1) is 18.1. The second-order valence-electron chi connectivity index (χ2n) is 5.68. The van der Waals surface area contributed by atoms with Gasteiger partial charge in [0.15, 0.2) is 5.69 Å². The Hall–Kier alpha value is -3.22. The number of amides is 3. The van der Waals surface area contributed by atoms with Crippen molar-refractivity contribution in [3.63, 3.8) is 0 Å². The molecule has 7 heteroatoms. The molecular weight excluding hydrogens is 320 g/mol. The van der Waals surface area contributed by atoms with Crippen LogP contribution >= 0.6 is 0 Å². The minimum atomic E-state index is -0.729. The molecule has 2 rings (SSSR count). The molecule has 1 atom stereocenters. The predicted octanol–water partition coefficient (Wildman–Crippen LogP) is 1.69. The topological polar surface area (TPSA) is 114 Å². The van der Waals surface area contributed by atoms with Crippen LogP contribution in [0.4, 0.5) is 5.69 Å². The fourth-order valence-corrected chi connectivity index (χ4v) is 2.39. The Balaban J connectivity index is 2.16. The molecule has 0 aliphatic carbocycles. The second kappa shape index (κ2) is 8.05. The number of hydrogen-bond acceptors (Lipinski definition) is 4. The quantitative estimate of drug-likeness (QED) is 0.742. The zero-order valence-electron chi connectivity index (χ0n) is 14.1. The van der Waals surface area contributed by atoms with Crippen LogP contribution in [-0.4, -0.2) is 22.7 Å². The number of hydrogen-bond donors (Lipinski definition) is 3. The van der Waals surface area contributed by atoms with E-state index in [0.29, 0.717) is 0 Å². The maximum Gasteiger partial charge on any atom is 0.269 e. The van der Waals surface area contributed by atoms with Crippen LogP contribution in [0.25, 0.3) is 0 Å². The molecule has 0 unspecified atom stereocenters. The highest BCUT2D eigenvalue weighted by molar-refractivity contribution is 6.01. The van der Waals surface area contributed by atoms with E-state index < -0.39 is 11.9 Å². The van der Waals surface area contributed by atoms with Crippen molar-refractivity contribution in [2.75, 3.05) is 5.32 Å². The summed E-state index contributed by atoms with van der Waals surface area (Å²) >= 11 is 0. The highest BCUT2D eigenvalue weighted by Gasteiger charge is 2.19. The van der Waals surface area contributed by atoms with Crippen molar-refractivity contribution in [2.24, 2.45) is 5.73 Å². The van der Waals surface area contributed by atoms with Gasteiger partial charge in [-0.3, -0.25) is 14.4 Å². The molecule has 1 heterocycles. The average Bonchev–Trinajstić information content (AvgIpc) is 2.54. The zero-order chi connectivity index (χ0) is 18.4. The number of aromatic nitrogens is 1. The summed E-state index contributed by atoms with van der Waals surface area (Å²) in [5.74, 6) is -1.33. The Morgan fingerprint density at radius 2 is 1.84 bits per heavy atom. The van der Waals surface area contributed by atoms with Crippen molar-refractivity contribution in [1.29, 1.82) is 0 Å². The smallest absolute Gasteiger partial charge is 0.269 e. The van der Waals surface area contributed by atoms with Crippen LogP contribution in [-0.2, 0) is 9.59 Å². The molecule has 0 radical (unpaired) electrons. The number of anilines is 1. The number of nitrogens with one attached hydrogen (secondary N) is 2. The lowest BCUT2D eigenvalue weighted by atomic mass is 10.0. The molecule has 0 spiro atoms. The van der Waals surface area contributed by atoms with E-state index in [1.807, 2.05) is 31.2 Å². The summed E-state index contributed by atoms with van der Waals surface area (Å²) in [7, 11) is 0. The molecule has 0 aliphatic rings. The fraction of sp³-hybridized carbons (Fsp3) is 0.222. The third kappa shape index (κ3) is 5.13. The first-order chi connectivity index (χ1) is 11.9. The lowest BCUT2D eigenvalue weighted by molar-refractivity contribution is -0.120. The number of benzene rings is 1. The summed E-state index contributed by atoms with van der Waals surface area (Å²) in [6.07, 6.45) is 1.43. The van der Waals surface area contributed by atoms with Crippen LogP contribution in [0, 0.1) is 6.92 Å². The van der Waals surface area contributed by atoms with Gasteiger partial charge in [0.05, 0.1) is 18.2 Å². The number of nitrogens with two attached hydrogens (primary N) is 1. The molecule has 4 N–H and O–H groups in total. The second-order valence-corrected chi connectivity index (χ2v) is 5.68. The molecule has 0 saturated heterocycles. The van der Waals surface area contributed by atoms with Crippen molar-refractivity contribution >= 4 is 23.4 Å². The van der Waals surface area contributed by atoms with E-state index in [4.69, 9.17) is 5.73 Å². The highest BCUT2D eigenvalue weighted by atomic mass is 16.2. The normalized spacial score (nSPS) is 11.4. The molecule has 2 aromatic rings. The molecule has 7 nitrogen and oxygen atoms in total. The van der Waals surface area contributed by atoms with Crippen LogP contribution in [0.2, 0.25) is 0 Å². The minimum Gasteiger partial charge on any atom is -0.364 e. The van der Waals surface area contributed by atoms with Gasteiger partial charge in [0.25, 0.3) is 5.91 Å². The first-order valence-corrected chi connectivity index (χ1v) is 7.75. The van der Waals surface area contributed by atoms with Gasteiger partial charge in [-0.1, -0.05) is 29.8 Å². The van der Waals surface area contributed by atoms with Gasteiger partial charge in [0.2, 0.25) is 11.8 Å². The molecular formula is C18H20N4O3. The predicted molar refractivity (Wildman–Crippen MR) is 93.7 cm³/mol. The fourth-order valence-electron chi connectivity index (χ4n) is 2.39. The van der Waals surface area contributed by atoms with Gasteiger partial charge in [-0.2, -0.15) is 0 Å². The Morgan fingerprint density at radius 1 is 1.16 bits per heavy atom. The van der Waals surface area contributed by atoms with Crippen LogP contribution in [0.15, 0.2) is 42.6 Å². The molecule has 0 aliphatic heterocycles. The summed E-state index contributed by atoms with van der Waals surface area (Å²) in [6.45, 7) is 3.35. The summed E-state index contributed by atoms with van der Waals surface area (Å²) in [5, 5.41) is 5.39. The van der Waals surface area contributed by atoms with Gasteiger partial charge in [-0.15, -0.1) is 0 Å². The molecule has 3 amide bonds. The van der Waals surface area contributed by atoms with E-state index in [0.717, 1.165) is 11.1 Å². The number of rotatable bonds is 6. The highest BCUT2D eigenvalue weighted by Crippen LogP contribution is 2.19. The monoisotopic (exact) mass is 340 g/mol. The van der Waals surface area contributed by atoms with Crippen LogP contribution in [0.1, 0.15) is 41.0 Å². The van der Waals surface area contributed by atoms with Crippen molar-refractivity contribution in [3.8, 4) is 0 Å². The Morgan fingerprint density at radius 3 is 2.44 bits per heavy atom. The number of aryl methyl sites for hydroxylation is 1. The van der Waals surface area contributed by atoms with Crippen LogP contribution < -0.4 is 16.4 Å². The molecule has 1 aromatic heterocycles. The Bertz CT molecular complexity index is 787. The van der Waals surface area contributed by atoms with Crippen molar-refractivity contribution in [2.45, 2.75) is 26.3 Å². The van der Waals surface area contributed by atoms with E-state index in [1.165, 1.54) is 13.1 Å². The number of nitrogens with zero attached hydrogens (tertiary/aromatic N) is 1. The van der Waals surface area contributed by atoms with E-state index in [2.05, 4.69) is 15.6 Å². The molecule has 0 fully saturated rings. The van der Waals surface area contributed by atoms with Gasteiger partial charge in [0.1, 0.15) is 0 Å². The summed E-state index contributed by atoms with van der Waals surface area (Å²) in [6, 6.07) is 10.2. The van der Waals surface area contributed by atoms with Gasteiger partial charge < -0.3 is 16.4 Å². The maximum atomic E-state index is 12.4. The van der Waals surface area contributed by atoms with Gasteiger partial charge in [0, 0.05) is 13.1 Å². The number of carbonyl (C=O) groups excluding carboxylic acids is 3. The number of primary amides is 1. The molecule has 25 heavy (non-hydrogen) atoms. The molecule has 0 bridgehead atoms. The standard InChI is InChI=1S/C18H20N4O3/c1-11-5-7-13(8-6-11)15(21-12(2)23)10-16(24)22-14-4-3-9-20-17(14)18(19)25/h3-9,15H,10H2,1-2H3,(H2,19,25)(H,21,23)(H,22,24)/t15-/m0/s1.